The van der Waals surface area contributed by atoms with Gasteiger partial charge in [-0.2, -0.15) is 0 Å². The van der Waals surface area contributed by atoms with Gasteiger partial charge in [0.2, 0.25) is 0 Å². The molecule has 0 unspecified atom stereocenters. The lowest BCUT2D eigenvalue weighted by molar-refractivity contribution is -0.384. The van der Waals surface area contributed by atoms with E-state index < -0.39 is 16.8 Å². The molecule has 0 saturated carbocycles. The smallest absolute Gasteiger partial charge is 0.354 e. The van der Waals surface area contributed by atoms with E-state index in [0.717, 1.165) is 0 Å². The first kappa shape index (κ1) is 18.7. The van der Waals surface area contributed by atoms with Crippen molar-refractivity contribution in [3.05, 3.63) is 75.5 Å². The van der Waals surface area contributed by atoms with Gasteiger partial charge in [0, 0.05) is 17.7 Å². The van der Waals surface area contributed by atoms with Gasteiger partial charge in [-0.15, -0.1) is 0 Å². The fraction of sp³-hybridized carbons (Fsp3) is 0.111. The number of non-ortho nitro benzene ring substituents is 1. The van der Waals surface area contributed by atoms with Gasteiger partial charge in [-0.3, -0.25) is 14.9 Å². The summed E-state index contributed by atoms with van der Waals surface area (Å²) < 4.78 is 9.70. The number of nitro groups is 1. The zero-order valence-electron chi connectivity index (χ0n) is 14.1. The van der Waals surface area contributed by atoms with Crippen LogP contribution in [0.4, 0.5) is 5.69 Å². The molecule has 8 nitrogen and oxygen atoms in total. The van der Waals surface area contributed by atoms with Crippen molar-refractivity contribution in [2.75, 3.05) is 14.2 Å². The monoisotopic (exact) mass is 356 g/mol. The molecule has 0 aliphatic heterocycles. The molecule has 134 valence electrons. The first-order valence-electron chi connectivity index (χ1n) is 7.44. The van der Waals surface area contributed by atoms with Gasteiger partial charge < -0.3 is 14.8 Å². The SMILES string of the molecule is COC(=O)/C(=C\c1ccc([N+](=O)[O-])cc1)NC(=O)c1ccc(OC)cc1. The lowest BCUT2D eigenvalue weighted by atomic mass is 10.1. The van der Waals surface area contributed by atoms with Gasteiger partial charge in [-0.05, 0) is 48.0 Å². The molecule has 0 radical (unpaired) electrons. The Morgan fingerprint density at radius 2 is 1.65 bits per heavy atom. The first-order valence-corrected chi connectivity index (χ1v) is 7.44. The topological polar surface area (TPSA) is 108 Å². The van der Waals surface area contributed by atoms with Crippen molar-refractivity contribution < 1.29 is 24.0 Å². The van der Waals surface area contributed by atoms with Crippen LogP contribution >= 0.6 is 0 Å². The Labute approximate surface area is 149 Å². The fourth-order valence-corrected chi connectivity index (χ4v) is 2.05. The Kier molecular flexibility index (Phi) is 6.05. The summed E-state index contributed by atoms with van der Waals surface area (Å²) in [6.07, 6.45) is 1.37. The Bertz CT molecular complexity index is 841. The van der Waals surface area contributed by atoms with Crippen molar-refractivity contribution in [3.8, 4) is 5.75 Å². The number of ether oxygens (including phenoxy) is 2. The lowest BCUT2D eigenvalue weighted by Gasteiger charge is -2.09. The molecule has 0 saturated heterocycles. The second kappa shape index (κ2) is 8.43. The second-order valence-electron chi connectivity index (χ2n) is 5.08. The van der Waals surface area contributed by atoms with Crippen LogP contribution in [0.5, 0.6) is 5.75 Å². The summed E-state index contributed by atoms with van der Waals surface area (Å²) in [5.41, 5.74) is 0.640. The average molecular weight is 356 g/mol. The zero-order chi connectivity index (χ0) is 19.1. The van der Waals surface area contributed by atoms with E-state index in [1.165, 1.54) is 44.6 Å². The molecule has 2 aromatic rings. The number of carbonyl (C=O) groups is 2. The Morgan fingerprint density at radius 1 is 1.04 bits per heavy atom. The highest BCUT2D eigenvalue weighted by atomic mass is 16.6. The molecule has 1 N–H and O–H groups in total. The number of rotatable bonds is 6. The minimum absolute atomic E-state index is 0.0796. The zero-order valence-corrected chi connectivity index (χ0v) is 14.1. The third-order valence-corrected chi connectivity index (χ3v) is 3.42. The minimum Gasteiger partial charge on any atom is -0.497 e. The minimum atomic E-state index is -0.745. The molecule has 0 heterocycles. The molecule has 26 heavy (non-hydrogen) atoms. The van der Waals surface area contributed by atoms with Crippen molar-refractivity contribution in [1.29, 1.82) is 0 Å². The van der Waals surface area contributed by atoms with E-state index in [-0.39, 0.29) is 11.4 Å². The number of benzene rings is 2. The van der Waals surface area contributed by atoms with Gasteiger partial charge in [0.15, 0.2) is 0 Å². The number of hydrogen-bond acceptors (Lipinski definition) is 6. The number of methoxy groups -OCH3 is 2. The highest BCUT2D eigenvalue weighted by Crippen LogP contribution is 2.15. The Balaban J connectivity index is 2.24. The summed E-state index contributed by atoms with van der Waals surface area (Å²) in [6, 6.07) is 11.8. The highest BCUT2D eigenvalue weighted by Gasteiger charge is 2.15. The van der Waals surface area contributed by atoms with Crippen LogP contribution in [0.25, 0.3) is 6.08 Å². The van der Waals surface area contributed by atoms with Crippen molar-refractivity contribution in [1.82, 2.24) is 5.32 Å². The predicted molar refractivity (Wildman–Crippen MR) is 93.5 cm³/mol. The number of hydrogen-bond donors (Lipinski definition) is 1. The number of nitrogens with zero attached hydrogens (tertiary/aromatic N) is 1. The van der Waals surface area contributed by atoms with Gasteiger partial charge in [0.05, 0.1) is 19.1 Å². The van der Waals surface area contributed by atoms with E-state index in [1.54, 1.807) is 24.3 Å². The summed E-state index contributed by atoms with van der Waals surface area (Å²) in [5.74, 6) is -0.660. The first-order chi connectivity index (χ1) is 12.4. The molecule has 2 rings (SSSR count). The van der Waals surface area contributed by atoms with Crippen molar-refractivity contribution >= 4 is 23.6 Å². The second-order valence-corrected chi connectivity index (χ2v) is 5.08. The van der Waals surface area contributed by atoms with Crippen molar-refractivity contribution in [2.45, 2.75) is 0 Å². The van der Waals surface area contributed by atoms with Crippen LogP contribution in [0.3, 0.4) is 0 Å². The molecule has 0 atom stereocenters. The molecule has 0 aliphatic carbocycles. The van der Waals surface area contributed by atoms with E-state index in [1.807, 2.05) is 0 Å². The molecule has 0 fully saturated rings. The van der Waals surface area contributed by atoms with Gasteiger partial charge >= 0.3 is 5.97 Å². The van der Waals surface area contributed by atoms with Crippen LogP contribution < -0.4 is 10.1 Å². The van der Waals surface area contributed by atoms with E-state index in [4.69, 9.17) is 4.74 Å². The summed E-state index contributed by atoms with van der Waals surface area (Å²) in [7, 11) is 2.70. The van der Waals surface area contributed by atoms with Crippen LogP contribution in [0, 0.1) is 10.1 Å². The van der Waals surface area contributed by atoms with E-state index in [9.17, 15) is 19.7 Å². The van der Waals surface area contributed by atoms with Crippen molar-refractivity contribution in [3.63, 3.8) is 0 Å². The summed E-state index contributed by atoms with van der Waals surface area (Å²) in [4.78, 5) is 34.4. The number of amides is 1. The molecular weight excluding hydrogens is 340 g/mol. The molecule has 0 aliphatic rings. The summed E-state index contributed by atoms with van der Waals surface area (Å²) >= 11 is 0. The van der Waals surface area contributed by atoms with Gasteiger partial charge in [-0.25, -0.2) is 4.79 Å². The lowest BCUT2D eigenvalue weighted by Crippen LogP contribution is -2.28. The van der Waals surface area contributed by atoms with Crippen LogP contribution in [0.1, 0.15) is 15.9 Å². The molecule has 0 aromatic heterocycles. The number of carbonyl (C=O) groups excluding carboxylic acids is 2. The van der Waals surface area contributed by atoms with Gasteiger partial charge in [-0.1, -0.05) is 0 Å². The normalized spacial score (nSPS) is 10.8. The third kappa shape index (κ3) is 4.67. The van der Waals surface area contributed by atoms with Gasteiger partial charge in [0.1, 0.15) is 11.4 Å². The molecule has 1 amide bonds. The number of nitrogens with one attached hydrogen (secondary N) is 1. The summed E-state index contributed by atoms with van der Waals surface area (Å²) in [6.45, 7) is 0. The van der Waals surface area contributed by atoms with Crippen LogP contribution in [0.15, 0.2) is 54.2 Å². The van der Waals surface area contributed by atoms with Crippen molar-refractivity contribution in [2.24, 2.45) is 0 Å². The Morgan fingerprint density at radius 3 is 2.15 bits per heavy atom. The largest absolute Gasteiger partial charge is 0.497 e. The quantitative estimate of drug-likeness (QED) is 0.369. The average Bonchev–Trinajstić information content (AvgIpc) is 2.67. The van der Waals surface area contributed by atoms with Gasteiger partial charge in [0.25, 0.3) is 11.6 Å². The fourth-order valence-electron chi connectivity index (χ4n) is 2.05. The third-order valence-electron chi connectivity index (χ3n) is 3.42. The van der Waals surface area contributed by atoms with Crippen LogP contribution in [-0.2, 0) is 9.53 Å². The maximum atomic E-state index is 12.3. The molecular formula is C18H16N2O6. The maximum Gasteiger partial charge on any atom is 0.354 e. The molecule has 0 bridgehead atoms. The molecule has 2 aromatic carbocycles. The van der Waals surface area contributed by atoms with E-state index in [0.29, 0.717) is 16.9 Å². The Hall–Kier alpha value is -3.68. The van der Waals surface area contributed by atoms with Crippen LogP contribution in [0.2, 0.25) is 0 Å². The maximum absolute atomic E-state index is 12.3. The van der Waals surface area contributed by atoms with E-state index in [2.05, 4.69) is 10.1 Å². The van der Waals surface area contributed by atoms with Crippen LogP contribution in [-0.4, -0.2) is 31.0 Å². The molecule has 0 spiro atoms. The highest BCUT2D eigenvalue weighted by molar-refractivity contribution is 6.03. The molecule has 8 heteroatoms. The summed E-state index contributed by atoms with van der Waals surface area (Å²) in [5, 5.41) is 13.2. The number of nitro benzene ring substituents is 1. The standard InChI is InChI=1S/C18H16N2O6/c1-25-15-9-5-13(6-10-15)17(21)19-16(18(22)26-2)11-12-3-7-14(8-4-12)20(23)24/h3-11H,1-2H3,(H,19,21)/b16-11+. The van der Waals surface area contributed by atoms with E-state index >= 15 is 0 Å². The number of esters is 1. The predicted octanol–water partition coefficient (Wildman–Crippen LogP) is 2.55.